The van der Waals surface area contributed by atoms with Crippen LogP contribution in [-0.2, 0) is 0 Å². The molecule has 0 radical (unpaired) electrons. The second kappa shape index (κ2) is 7.06. The Balaban J connectivity index is 1.77. The maximum Gasteiger partial charge on any atom is 0.270 e. The van der Waals surface area contributed by atoms with Gasteiger partial charge < -0.3 is 4.98 Å². The van der Waals surface area contributed by atoms with Crippen molar-refractivity contribution in [3.63, 3.8) is 0 Å². The Morgan fingerprint density at radius 1 is 1.04 bits per heavy atom. The van der Waals surface area contributed by atoms with Gasteiger partial charge in [-0.1, -0.05) is 54.2 Å². The van der Waals surface area contributed by atoms with Crippen molar-refractivity contribution in [3.8, 4) is 28.5 Å². The zero-order valence-electron chi connectivity index (χ0n) is 14.4. The molecule has 2 aromatic heterocycles. The average Bonchev–Trinajstić information content (AvgIpc) is 2.73. The van der Waals surface area contributed by atoms with Crippen LogP contribution in [0.3, 0.4) is 0 Å². The largest absolute Gasteiger partial charge is 0.300 e. The van der Waals surface area contributed by atoms with Gasteiger partial charge in [-0.3, -0.25) is 9.78 Å². The first-order chi connectivity index (χ1) is 13.2. The number of hydrogen-bond donors (Lipinski definition) is 1. The van der Waals surface area contributed by atoms with Gasteiger partial charge >= 0.3 is 0 Å². The third kappa shape index (κ3) is 3.21. The summed E-state index contributed by atoms with van der Waals surface area (Å²) in [5.74, 6) is 0. The van der Waals surface area contributed by atoms with Gasteiger partial charge in [-0.2, -0.15) is 5.26 Å². The molecule has 0 saturated carbocycles. The molecule has 6 heteroatoms. The number of benzene rings is 2. The van der Waals surface area contributed by atoms with E-state index < -0.39 is 5.56 Å². The van der Waals surface area contributed by atoms with E-state index in [-0.39, 0.29) is 5.56 Å². The summed E-state index contributed by atoms with van der Waals surface area (Å²) >= 11 is 1.33. The van der Waals surface area contributed by atoms with Crippen LogP contribution >= 0.6 is 11.8 Å². The quantitative estimate of drug-likeness (QED) is 0.431. The molecule has 0 unspecified atom stereocenters. The number of fused-ring (bicyclic) bond motifs is 1. The predicted molar refractivity (Wildman–Crippen MR) is 108 cm³/mol. The fourth-order valence-corrected chi connectivity index (χ4v) is 3.29. The molecule has 0 amide bonds. The van der Waals surface area contributed by atoms with Crippen molar-refractivity contribution in [2.75, 3.05) is 6.26 Å². The van der Waals surface area contributed by atoms with E-state index in [9.17, 15) is 10.1 Å². The van der Waals surface area contributed by atoms with Crippen LogP contribution in [-0.4, -0.2) is 21.2 Å². The summed E-state index contributed by atoms with van der Waals surface area (Å²) in [5, 5.41) is 10.9. The highest BCUT2D eigenvalue weighted by molar-refractivity contribution is 7.98. The van der Waals surface area contributed by atoms with Gasteiger partial charge in [-0.25, -0.2) is 4.98 Å². The van der Waals surface area contributed by atoms with Crippen molar-refractivity contribution in [1.29, 1.82) is 5.26 Å². The zero-order valence-corrected chi connectivity index (χ0v) is 15.2. The van der Waals surface area contributed by atoms with E-state index in [1.54, 1.807) is 0 Å². The molecule has 130 valence electrons. The number of nitrogens with one attached hydrogen (secondary N) is 1. The van der Waals surface area contributed by atoms with Crippen LogP contribution in [0.1, 0.15) is 5.56 Å². The van der Waals surface area contributed by atoms with E-state index in [1.165, 1.54) is 11.8 Å². The first-order valence-electron chi connectivity index (χ1n) is 8.23. The topological polar surface area (TPSA) is 82.4 Å². The average molecular weight is 370 g/mol. The first kappa shape index (κ1) is 17.0. The van der Waals surface area contributed by atoms with Gasteiger partial charge in [-0.05, 0) is 24.0 Å². The fourth-order valence-electron chi connectivity index (χ4n) is 2.91. The van der Waals surface area contributed by atoms with E-state index in [0.717, 1.165) is 27.6 Å². The normalized spacial score (nSPS) is 10.7. The van der Waals surface area contributed by atoms with Crippen LogP contribution < -0.4 is 5.56 Å². The van der Waals surface area contributed by atoms with Gasteiger partial charge in [0.05, 0.1) is 11.2 Å². The number of nitrogens with zero attached hydrogens (tertiary/aromatic N) is 3. The van der Waals surface area contributed by atoms with Gasteiger partial charge in [0.15, 0.2) is 5.16 Å². The number of hydrogen-bond acceptors (Lipinski definition) is 5. The van der Waals surface area contributed by atoms with E-state index in [1.807, 2.05) is 67.1 Å². The van der Waals surface area contributed by atoms with Crippen LogP contribution in [0.15, 0.2) is 70.7 Å². The molecule has 0 atom stereocenters. The number of pyridine rings is 1. The summed E-state index contributed by atoms with van der Waals surface area (Å²) in [6, 6.07) is 19.7. The minimum atomic E-state index is -0.422. The summed E-state index contributed by atoms with van der Waals surface area (Å²) in [4.78, 5) is 23.6. The minimum absolute atomic E-state index is 0.0212. The summed E-state index contributed by atoms with van der Waals surface area (Å²) in [6.45, 7) is 0. The maximum atomic E-state index is 12.1. The molecule has 0 aliphatic rings. The summed E-state index contributed by atoms with van der Waals surface area (Å²) in [7, 11) is 0. The molecule has 4 rings (SSSR count). The number of aromatic nitrogens is 3. The molecule has 4 aromatic rings. The highest BCUT2D eigenvalue weighted by Crippen LogP contribution is 2.27. The second-order valence-electron chi connectivity index (χ2n) is 5.90. The molecule has 2 heterocycles. The van der Waals surface area contributed by atoms with Crippen LogP contribution in [0.4, 0.5) is 0 Å². The van der Waals surface area contributed by atoms with Crippen molar-refractivity contribution in [2.45, 2.75) is 5.16 Å². The van der Waals surface area contributed by atoms with Crippen LogP contribution in [0.2, 0.25) is 0 Å². The van der Waals surface area contributed by atoms with Gasteiger partial charge in [0.1, 0.15) is 11.6 Å². The Morgan fingerprint density at radius 2 is 1.78 bits per heavy atom. The Kier molecular flexibility index (Phi) is 4.45. The number of para-hydroxylation sites is 1. The summed E-state index contributed by atoms with van der Waals surface area (Å²) < 4.78 is 0. The van der Waals surface area contributed by atoms with E-state index in [0.29, 0.717) is 10.9 Å². The predicted octanol–water partition coefficient (Wildman–Crippen LogP) is 4.25. The number of aromatic amines is 1. The Hall–Kier alpha value is -3.43. The Morgan fingerprint density at radius 3 is 2.52 bits per heavy atom. The third-order valence-electron chi connectivity index (χ3n) is 4.28. The number of thioether (sulfide) groups is 1. The molecule has 5 nitrogen and oxygen atoms in total. The molecular formula is C21H14N4OS. The molecule has 27 heavy (non-hydrogen) atoms. The molecule has 0 aliphatic heterocycles. The molecule has 0 bridgehead atoms. The summed E-state index contributed by atoms with van der Waals surface area (Å²) in [5.41, 5.74) is 3.69. The fraction of sp³-hybridized carbons (Fsp3) is 0.0476. The van der Waals surface area contributed by atoms with E-state index in [4.69, 9.17) is 0 Å². The number of H-pyrrole nitrogens is 1. The van der Waals surface area contributed by atoms with Gasteiger partial charge in [0, 0.05) is 22.7 Å². The highest BCUT2D eigenvalue weighted by atomic mass is 32.2. The maximum absolute atomic E-state index is 12.1. The molecule has 0 aliphatic carbocycles. The Labute approximate surface area is 159 Å². The molecule has 1 N–H and O–H groups in total. The first-order valence-corrected chi connectivity index (χ1v) is 9.46. The summed E-state index contributed by atoms with van der Waals surface area (Å²) in [6.07, 6.45) is 3.67. The van der Waals surface area contributed by atoms with Crippen molar-refractivity contribution < 1.29 is 0 Å². The van der Waals surface area contributed by atoms with Crippen molar-refractivity contribution in [1.82, 2.24) is 15.0 Å². The lowest BCUT2D eigenvalue weighted by atomic mass is 10.0. The molecule has 0 fully saturated rings. The minimum Gasteiger partial charge on any atom is -0.300 e. The lowest BCUT2D eigenvalue weighted by Crippen LogP contribution is -2.14. The number of nitriles is 1. The molecule has 0 saturated heterocycles. The van der Waals surface area contributed by atoms with Crippen LogP contribution in [0, 0.1) is 11.3 Å². The lowest BCUT2D eigenvalue weighted by Gasteiger charge is -2.07. The Bertz CT molecular complexity index is 1240. The van der Waals surface area contributed by atoms with E-state index >= 15 is 0 Å². The lowest BCUT2D eigenvalue weighted by molar-refractivity contribution is 0.937. The molecular weight excluding hydrogens is 356 g/mol. The monoisotopic (exact) mass is 370 g/mol. The smallest absolute Gasteiger partial charge is 0.270 e. The highest BCUT2D eigenvalue weighted by Gasteiger charge is 2.13. The van der Waals surface area contributed by atoms with Gasteiger partial charge in [-0.15, -0.1) is 0 Å². The molecule has 2 aromatic carbocycles. The molecule has 0 spiro atoms. The van der Waals surface area contributed by atoms with Crippen LogP contribution in [0.25, 0.3) is 33.3 Å². The standard InChI is InChI=1S/C21H14N4OS/c1-27-21-24-19(17(11-22)20(26)25-21)14-8-6-13(7-9-14)16-10-15-4-2-3-5-18(15)23-12-16/h2-10,12H,1H3,(H,24,25,26). The zero-order chi connectivity index (χ0) is 18.8. The number of rotatable bonds is 3. The van der Waals surface area contributed by atoms with E-state index in [2.05, 4.69) is 21.0 Å². The van der Waals surface area contributed by atoms with Crippen molar-refractivity contribution in [3.05, 3.63) is 76.7 Å². The SMILES string of the molecule is CSc1nc(-c2ccc(-c3cnc4ccccc4c3)cc2)c(C#N)c(=O)[nH]1. The third-order valence-corrected chi connectivity index (χ3v) is 4.87. The van der Waals surface area contributed by atoms with Gasteiger partial charge in [0.25, 0.3) is 5.56 Å². The van der Waals surface area contributed by atoms with Crippen molar-refractivity contribution >= 4 is 22.7 Å². The van der Waals surface area contributed by atoms with Gasteiger partial charge in [0.2, 0.25) is 0 Å². The second-order valence-corrected chi connectivity index (χ2v) is 6.70. The van der Waals surface area contributed by atoms with Crippen LogP contribution in [0.5, 0.6) is 0 Å². The van der Waals surface area contributed by atoms with Crippen molar-refractivity contribution in [2.24, 2.45) is 0 Å².